The topological polar surface area (TPSA) is 55.1 Å². The summed E-state index contributed by atoms with van der Waals surface area (Å²) in [6, 6.07) is 0. The summed E-state index contributed by atoms with van der Waals surface area (Å²) in [5, 5.41) is 3.09. The van der Waals surface area contributed by atoms with Crippen LogP contribution in [0.1, 0.15) is 51.9 Å². The number of carbonyl (C=O) groups excluding carboxylic acids is 1. The molecule has 0 bridgehead atoms. The first kappa shape index (κ1) is 12.9. The fraction of sp³-hybridized carbons (Fsp3) is 0.929. The molecular formula is C14H26N2O. The molecule has 2 unspecified atom stereocenters. The lowest BCUT2D eigenvalue weighted by Crippen LogP contribution is -2.39. The first-order valence-corrected chi connectivity index (χ1v) is 7.12. The van der Waals surface area contributed by atoms with E-state index < -0.39 is 0 Å². The fourth-order valence-electron chi connectivity index (χ4n) is 3.09. The summed E-state index contributed by atoms with van der Waals surface area (Å²) in [5.41, 5.74) is 6.01. The second-order valence-corrected chi connectivity index (χ2v) is 6.22. The van der Waals surface area contributed by atoms with Crippen molar-refractivity contribution in [3.63, 3.8) is 0 Å². The molecule has 0 radical (unpaired) electrons. The van der Waals surface area contributed by atoms with Crippen molar-refractivity contribution in [3.8, 4) is 0 Å². The van der Waals surface area contributed by atoms with Crippen LogP contribution in [-0.4, -0.2) is 19.0 Å². The van der Waals surface area contributed by atoms with Crippen LogP contribution < -0.4 is 11.1 Å². The molecule has 2 aliphatic carbocycles. The summed E-state index contributed by atoms with van der Waals surface area (Å²) in [7, 11) is 0. The van der Waals surface area contributed by atoms with E-state index in [-0.39, 0.29) is 11.3 Å². The Labute approximate surface area is 105 Å². The highest BCUT2D eigenvalue weighted by atomic mass is 16.1. The predicted octanol–water partition coefficient (Wildman–Crippen LogP) is 2.06. The van der Waals surface area contributed by atoms with Crippen LogP contribution in [0.4, 0.5) is 0 Å². The van der Waals surface area contributed by atoms with Gasteiger partial charge in [0, 0.05) is 13.0 Å². The second-order valence-electron chi connectivity index (χ2n) is 6.22. The molecule has 3 nitrogen and oxygen atoms in total. The molecule has 2 fully saturated rings. The Bertz CT molecular complexity index is 271. The molecule has 3 heteroatoms. The number of amides is 1. The molecule has 0 aromatic rings. The van der Waals surface area contributed by atoms with Gasteiger partial charge in [-0.05, 0) is 43.1 Å². The lowest BCUT2D eigenvalue weighted by molar-refractivity contribution is -0.123. The molecule has 3 N–H and O–H groups in total. The van der Waals surface area contributed by atoms with Gasteiger partial charge < -0.3 is 11.1 Å². The molecule has 0 heterocycles. The van der Waals surface area contributed by atoms with Gasteiger partial charge in [0.1, 0.15) is 0 Å². The van der Waals surface area contributed by atoms with E-state index in [1.807, 2.05) is 0 Å². The van der Waals surface area contributed by atoms with Crippen molar-refractivity contribution in [2.75, 3.05) is 13.1 Å². The van der Waals surface area contributed by atoms with E-state index in [1.54, 1.807) is 0 Å². The van der Waals surface area contributed by atoms with Gasteiger partial charge in [-0.1, -0.05) is 26.2 Å². The standard InChI is InChI=1S/C14H26N2O/c1-11-7-12(11)9-16-13(17)8-14(10-15)5-3-2-4-6-14/h11-12H,2-10,15H2,1H3,(H,16,17). The molecule has 0 aliphatic heterocycles. The summed E-state index contributed by atoms with van der Waals surface area (Å²) in [6.07, 6.45) is 7.98. The average molecular weight is 238 g/mol. The van der Waals surface area contributed by atoms with Crippen LogP contribution in [0.25, 0.3) is 0 Å². The van der Waals surface area contributed by atoms with E-state index in [1.165, 1.54) is 25.7 Å². The Morgan fingerprint density at radius 3 is 2.53 bits per heavy atom. The van der Waals surface area contributed by atoms with Crippen LogP contribution in [-0.2, 0) is 4.79 Å². The molecule has 17 heavy (non-hydrogen) atoms. The Morgan fingerprint density at radius 1 is 1.35 bits per heavy atom. The van der Waals surface area contributed by atoms with Crippen LogP contribution in [0.5, 0.6) is 0 Å². The minimum Gasteiger partial charge on any atom is -0.356 e. The number of nitrogens with one attached hydrogen (secondary N) is 1. The Morgan fingerprint density at radius 2 is 2.00 bits per heavy atom. The van der Waals surface area contributed by atoms with Crippen molar-refractivity contribution in [2.24, 2.45) is 23.0 Å². The number of hydrogen-bond donors (Lipinski definition) is 2. The molecular weight excluding hydrogens is 212 g/mol. The van der Waals surface area contributed by atoms with E-state index in [0.717, 1.165) is 31.2 Å². The quantitative estimate of drug-likeness (QED) is 0.770. The summed E-state index contributed by atoms with van der Waals surface area (Å²) < 4.78 is 0. The lowest BCUT2D eigenvalue weighted by Gasteiger charge is -2.35. The van der Waals surface area contributed by atoms with Crippen LogP contribution >= 0.6 is 0 Å². The summed E-state index contributed by atoms with van der Waals surface area (Å²) in [4.78, 5) is 11.9. The van der Waals surface area contributed by atoms with Gasteiger partial charge in [-0.15, -0.1) is 0 Å². The highest BCUT2D eigenvalue weighted by Crippen LogP contribution is 2.39. The molecule has 98 valence electrons. The van der Waals surface area contributed by atoms with Crippen molar-refractivity contribution < 1.29 is 4.79 Å². The van der Waals surface area contributed by atoms with Gasteiger partial charge in [-0.2, -0.15) is 0 Å². The summed E-state index contributed by atoms with van der Waals surface area (Å²) in [5.74, 6) is 1.77. The van der Waals surface area contributed by atoms with Crippen LogP contribution in [0.2, 0.25) is 0 Å². The normalized spacial score (nSPS) is 30.9. The molecule has 0 aromatic heterocycles. The van der Waals surface area contributed by atoms with Crippen LogP contribution in [0.3, 0.4) is 0 Å². The molecule has 2 atom stereocenters. The van der Waals surface area contributed by atoms with Crippen molar-refractivity contribution >= 4 is 5.91 Å². The van der Waals surface area contributed by atoms with Gasteiger partial charge in [0.25, 0.3) is 0 Å². The Hall–Kier alpha value is -0.570. The van der Waals surface area contributed by atoms with Crippen molar-refractivity contribution in [1.82, 2.24) is 5.32 Å². The largest absolute Gasteiger partial charge is 0.356 e. The predicted molar refractivity (Wildman–Crippen MR) is 69.5 cm³/mol. The lowest BCUT2D eigenvalue weighted by atomic mass is 9.71. The van der Waals surface area contributed by atoms with Crippen LogP contribution in [0.15, 0.2) is 0 Å². The number of rotatable bonds is 5. The van der Waals surface area contributed by atoms with Gasteiger partial charge in [0.15, 0.2) is 0 Å². The van der Waals surface area contributed by atoms with Crippen molar-refractivity contribution in [2.45, 2.75) is 51.9 Å². The number of hydrogen-bond acceptors (Lipinski definition) is 2. The minimum absolute atomic E-state index is 0.109. The van der Waals surface area contributed by atoms with E-state index in [4.69, 9.17) is 5.73 Å². The smallest absolute Gasteiger partial charge is 0.220 e. The van der Waals surface area contributed by atoms with E-state index in [9.17, 15) is 4.79 Å². The van der Waals surface area contributed by atoms with E-state index in [0.29, 0.717) is 13.0 Å². The zero-order valence-corrected chi connectivity index (χ0v) is 11.0. The molecule has 1 amide bonds. The average Bonchev–Trinajstić information content (AvgIpc) is 3.04. The fourth-order valence-corrected chi connectivity index (χ4v) is 3.09. The van der Waals surface area contributed by atoms with Gasteiger partial charge in [0.2, 0.25) is 5.91 Å². The zero-order chi connectivity index (χ0) is 12.3. The first-order valence-electron chi connectivity index (χ1n) is 7.12. The van der Waals surface area contributed by atoms with E-state index >= 15 is 0 Å². The molecule has 2 rings (SSSR count). The third-order valence-electron chi connectivity index (χ3n) is 4.72. The van der Waals surface area contributed by atoms with E-state index in [2.05, 4.69) is 12.2 Å². The van der Waals surface area contributed by atoms with Gasteiger partial charge in [-0.25, -0.2) is 0 Å². The maximum Gasteiger partial charge on any atom is 0.220 e. The summed E-state index contributed by atoms with van der Waals surface area (Å²) in [6.45, 7) is 3.79. The third-order valence-corrected chi connectivity index (χ3v) is 4.72. The summed E-state index contributed by atoms with van der Waals surface area (Å²) >= 11 is 0. The monoisotopic (exact) mass is 238 g/mol. The number of carbonyl (C=O) groups is 1. The van der Waals surface area contributed by atoms with Gasteiger partial charge in [-0.3, -0.25) is 4.79 Å². The van der Waals surface area contributed by atoms with Gasteiger partial charge >= 0.3 is 0 Å². The van der Waals surface area contributed by atoms with Crippen molar-refractivity contribution in [3.05, 3.63) is 0 Å². The highest BCUT2D eigenvalue weighted by Gasteiger charge is 2.35. The maximum atomic E-state index is 11.9. The second kappa shape index (κ2) is 5.38. The molecule has 0 saturated heterocycles. The first-order chi connectivity index (χ1) is 8.15. The molecule has 0 spiro atoms. The SMILES string of the molecule is CC1CC1CNC(=O)CC1(CN)CCCCC1. The molecule has 0 aromatic carbocycles. The van der Waals surface area contributed by atoms with Crippen LogP contribution in [0, 0.1) is 17.3 Å². The maximum absolute atomic E-state index is 11.9. The minimum atomic E-state index is 0.109. The number of nitrogens with two attached hydrogens (primary N) is 1. The zero-order valence-electron chi connectivity index (χ0n) is 11.0. The highest BCUT2D eigenvalue weighted by molar-refractivity contribution is 5.76. The Balaban J connectivity index is 1.75. The van der Waals surface area contributed by atoms with Gasteiger partial charge in [0.05, 0.1) is 0 Å². The molecule has 2 aliphatic rings. The Kier molecular flexibility index (Phi) is 4.08. The van der Waals surface area contributed by atoms with Crippen molar-refractivity contribution in [1.29, 1.82) is 0 Å². The third kappa shape index (κ3) is 3.44. The molecule has 2 saturated carbocycles.